The molecule has 1 N–H and O–H groups in total. The van der Waals surface area contributed by atoms with Gasteiger partial charge in [0.1, 0.15) is 0 Å². The van der Waals surface area contributed by atoms with Crippen molar-refractivity contribution in [1.82, 2.24) is 0 Å². The normalized spacial score (nSPS) is 25.3. The Labute approximate surface area is 87.7 Å². The van der Waals surface area contributed by atoms with Gasteiger partial charge in [0.05, 0.1) is 12.2 Å². The van der Waals surface area contributed by atoms with E-state index in [1.54, 1.807) is 0 Å². The maximum atomic E-state index is 9.88. The standard InChI is InChI=1S/C12H24O2/c1-4-12(2,3)8-7-10(13)11-6-5-9-14-11/h10-11,13H,4-9H2,1-3H3. The van der Waals surface area contributed by atoms with Crippen LogP contribution in [0.15, 0.2) is 0 Å². The topological polar surface area (TPSA) is 29.5 Å². The highest BCUT2D eigenvalue weighted by molar-refractivity contribution is 4.76. The molecule has 0 aliphatic carbocycles. The highest BCUT2D eigenvalue weighted by Gasteiger charge is 2.25. The monoisotopic (exact) mass is 200 g/mol. The summed E-state index contributed by atoms with van der Waals surface area (Å²) in [6, 6.07) is 0. The van der Waals surface area contributed by atoms with Gasteiger partial charge >= 0.3 is 0 Å². The van der Waals surface area contributed by atoms with Crippen molar-refractivity contribution < 1.29 is 9.84 Å². The first-order valence-electron chi connectivity index (χ1n) is 5.85. The smallest absolute Gasteiger partial charge is 0.0834 e. The van der Waals surface area contributed by atoms with E-state index in [0.717, 1.165) is 32.3 Å². The van der Waals surface area contributed by atoms with Crippen LogP contribution in [-0.2, 0) is 4.74 Å². The number of ether oxygens (including phenoxy) is 1. The van der Waals surface area contributed by atoms with Gasteiger partial charge in [-0.25, -0.2) is 0 Å². The lowest BCUT2D eigenvalue weighted by atomic mass is 9.83. The Hall–Kier alpha value is -0.0800. The molecule has 1 rings (SSSR count). The van der Waals surface area contributed by atoms with Gasteiger partial charge in [-0.05, 0) is 31.1 Å². The Morgan fingerprint density at radius 2 is 2.21 bits per heavy atom. The van der Waals surface area contributed by atoms with Crippen molar-refractivity contribution in [3.63, 3.8) is 0 Å². The molecule has 0 bridgehead atoms. The molecule has 0 radical (unpaired) electrons. The quantitative estimate of drug-likeness (QED) is 0.739. The van der Waals surface area contributed by atoms with Gasteiger partial charge in [0.25, 0.3) is 0 Å². The van der Waals surface area contributed by atoms with Gasteiger partial charge in [0.15, 0.2) is 0 Å². The van der Waals surface area contributed by atoms with E-state index >= 15 is 0 Å². The van der Waals surface area contributed by atoms with Crippen LogP contribution in [0.4, 0.5) is 0 Å². The summed E-state index contributed by atoms with van der Waals surface area (Å²) < 4.78 is 5.46. The zero-order chi connectivity index (χ0) is 10.6. The molecule has 1 aliphatic rings. The van der Waals surface area contributed by atoms with Gasteiger partial charge in [0.2, 0.25) is 0 Å². The third-order valence-corrected chi connectivity index (χ3v) is 3.47. The molecule has 0 aromatic carbocycles. The first-order valence-corrected chi connectivity index (χ1v) is 5.85. The van der Waals surface area contributed by atoms with Crippen LogP contribution >= 0.6 is 0 Å². The minimum absolute atomic E-state index is 0.114. The first kappa shape index (κ1) is 12.0. The summed E-state index contributed by atoms with van der Waals surface area (Å²) in [4.78, 5) is 0. The van der Waals surface area contributed by atoms with Crippen molar-refractivity contribution in [3.8, 4) is 0 Å². The summed E-state index contributed by atoms with van der Waals surface area (Å²) >= 11 is 0. The van der Waals surface area contributed by atoms with E-state index in [2.05, 4.69) is 20.8 Å². The molecule has 2 nitrogen and oxygen atoms in total. The molecule has 1 aliphatic heterocycles. The maximum absolute atomic E-state index is 9.88. The second-order valence-corrected chi connectivity index (χ2v) is 5.18. The highest BCUT2D eigenvalue weighted by atomic mass is 16.5. The van der Waals surface area contributed by atoms with Crippen molar-refractivity contribution in [1.29, 1.82) is 0 Å². The minimum atomic E-state index is -0.247. The van der Waals surface area contributed by atoms with Gasteiger partial charge < -0.3 is 9.84 Å². The van der Waals surface area contributed by atoms with Crippen LogP contribution < -0.4 is 0 Å². The van der Waals surface area contributed by atoms with Gasteiger partial charge in [-0.1, -0.05) is 27.2 Å². The number of aliphatic hydroxyl groups is 1. The van der Waals surface area contributed by atoms with Crippen LogP contribution in [0.25, 0.3) is 0 Å². The van der Waals surface area contributed by atoms with E-state index in [1.165, 1.54) is 6.42 Å². The third kappa shape index (κ3) is 3.58. The lowest BCUT2D eigenvalue weighted by molar-refractivity contribution is -0.0106. The molecule has 0 amide bonds. The lowest BCUT2D eigenvalue weighted by Crippen LogP contribution is -2.26. The summed E-state index contributed by atoms with van der Waals surface area (Å²) in [5, 5.41) is 9.88. The van der Waals surface area contributed by atoms with E-state index < -0.39 is 0 Å². The summed E-state index contributed by atoms with van der Waals surface area (Å²) in [7, 11) is 0. The number of aliphatic hydroxyl groups excluding tert-OH is 1. The third-order valence-electron chi connectivity index (χ3n) is 3.47. The zero-order valence-electron chi connectivity index (χ0n) is 9.75. The second-order valence-electron chi connectivity index (χ2n) is 5.18. The Morgan fingerprint density at radius 1 is 1.50 bits per heavy atom. The molecule has 0 aromatic heterocycles. The summed E-state index contributed by atoms with van der Waals surface area (Å²) in [5.41, 5.74) is 0.361. The summed E-state index contributed by atoms with van der Waals surface area (Å²) in [6.45, 7) is 7.56. The number of hydrogen-bond acceptors (Lipinski definition) is 2. The molecule has 2 unspecified atom stereocenters. The maximum Gasteiger partial charge on any atom is 0.0834 e. The Morgan fingerprint density at radius 3 is 2.71 bits per heavy atom. The predicted octanol–water partition coefficient (Wildman–Crippen LogP) is 2.74. The van der Waals surface area contributed by atoms with Crippen molar-refractivity contribution in [2.24, 2.45) is 5.41 Å². The Balaban J connectivity index is 2.23. The highest BCUT2D eigenvalue weighted by Crippen LogP contribution is 2.28. The molecular formula is C12H24O2. The van der Waals surface area contributed by atoms with Crippen LogP contribution in [0.1, 0.15) is 52.9 Å². The van der Waals surface area contributed by atoms with Gasteiger partial charge in [-0.3, -0.25) is 0 Å². The van der Waals surface area contributed by atoms with Crippen LogP contribution in [-0.4, -0.2) is 23.9 Å². The van der Waals surface area contributed by atoms with E-state index in [-0.39, 0.29) is 12.2 Å². The average Bonchev–Trinajstić information content (AvgIpc) is 2.67. The zero-order valence-corrected chi connectivity index (χ0v) is 9.75. The fraction of sp³-hybridized carbons (Fsp3) is 1.00. The van der Waals surface area contributed by atoms with Crippen molar-refractivity contribution in [2.45, 2.75) is 65.1 Å². The minimum Gasteiger partial charge on any atom is -0.390 e. The lowest BCUT2D eigenvalue weighted by Gasteiger charge is -2.25. The molecule has 0 spiro atoms. The molecule has 0 aromatic rings. The molecule has 1 saturated heterocycles. The fourth-order valence-corrected chi connectivity index (χ4v) is 1.81. The fourth-order valence-electron chi connectivity index (χ4n) is 1.81. The molecule has 84 valence electrons. The van der Waals surface area contributed by atoms with E-state index in [0.29, 0.717) is 5.41 Å². The van der Waals surface area contributed by atoms with E-state index in [1.807, 2.05) is 0 Å². The molecule has 0 saturated carbocycles. The van der Waals surface area contributed by atoms with Gasteiger partial charge in [-0.2, -0.15) is 0 Å². The molecule has 1 fully saturated rings. The van der Waals surface area contributed by atoms with Crippen molar-refractivity contribution in [3.05, 3.63) is 0 Å². The van der Waals surface area contributed by atoms with Crippen molar-refractivity contribution in [2.75, 3.05) is 6.61 Å². The Kier molecular flexibility index (Phi) is 4.39. The van der Waals surface area contributed by atoms with Crippen LogP contribution in [0, 0.1) is 5.41 Å². The Bertz CT molecular complexity index is 160. The molecule has 14 heavy (non-hydrogen) atoms. The molecule has 2 heteroatoms. The first-order chi connectivity index (χ1) is 6.55. The molecular weight excluding hydrogens is 176 g/mol. The number of rotatable bonds is 5. The van der Waals surface area contributed by atoms with E-state index in [9.17, 15) is 5.11 Å². The predicted molar refractivity (Wildman–Crippen MR) is 58.3 cm³/mol. The van der Waals surface area contributed by atoms with Crippen LogP contribution in [0.2, 0.25) is 0 Å². The second kappa shape index (κ2) is 5.13. The van der Waals surface area contributed by atoms with E-state index in [4.69, 9.17) is 4.74 Å². The van der Waals surface area contributed by atoms with Crippen molar-refractivity contribution >= 4 is 0 Å². The summed E-state index contributed by atoms with van der Waals surface area (Å²) in [6.07, 6.45) is 5.15. The molecule has 2 atom stereocenters. The summed E-state index contributed by atoms with van der Waals surface area (Å²) in [5.74, 6) is 0. The molecule has 1 heterocycles. The van der Waals surface area contributed by atoms with Gasteiger partial charge in [-0.15, -0.1) is 0 Å². The van der Waals surface area contributed by atoms with Crippen LogP contribution in [0.5, 0.6) is 0 Å². The van der Waals surface area contributed by atoms with Gasteiger partial charge in [0, 0.05) is 6.61 Å². The van der Waals surface area contributed by atoms with Crippen LogP contribution in [0.3, 0.4) is 0 Å². The average molecular weight is 200 g/mol. The largest absolute Gasteiger partial charge is 0.390 e. The number of hydrogen-bond donors (Lipinski definition) is 1. The SMILES string of the molecule is CCC(C)(C)CCC(O)C1CCCO1.